The summed E-state index contributed by atoms with van der Waals surface area (Å²) in [5, 5.41) is -0.630. The second kappa shape index (κ2) is 2.51. The van der Waals surface area contributed by atoms with Crippen LogP contribution in [0.2, 0.25) is 0 Å². The molecule has 0 spiro atoms. The number of nitrogens with two attached hydrogens (primary N) is 1. The van der Waals surface area contributed by atoms with Crippen LogP contribution in [0.4, 0.5) is 0 Å². The van der Waals surface area contributed by atoms with Gasteiger partial charge in [0.1, 0.15) is 0 Å². The Morgan fingerprint density at radius 3 is 1.89 bits per heavy atom. The van der Waals surface area contributed by atoms with E-state index in [-0.39, 0.29) is 0 Å². The molecule has 0 atom stereocenters. The van der Waals surface area contributed by atoms with E-state index < -0.39 is 13.7 Å². The zero-order valence-corrected chi connectivity index (χ0v) is 6.14. The average molecular weight is 149 g/mol. The van der Waals surface area contributed by atoms with Crippen molar-refractivity contribution in [1.82, 2.24) is 0 Å². The molecule has 1 aliphatic carbocycles. The second-order valence-electron chi connectivity index (χ2n) is 2.60. The highest BCUT2D eigenvalue weighted by Crippen LogP contribution is 2.48. The van der Waals surface area contributed by atoms with Gasteiger partial charge >= 0.3 is 0 Å². The molecular formula is C5H12NO2P. The first kappa shape index (κ1) is 7.42. The predicted octanol–water partition coefficient (Wildman–Crippen LogP) is 0.512. The van der Waals surface area contributed by atoms with Gasteiger partial charge < -0.3 is 15.5 Å². The number of rotatable bonds is 1. The van der Waals surface area contributed by atoms with Gasteiger partial charge in [0.05, 0.1) is 5.28 Å². The van der Waals surface area contributed by atoms with Crippen molar-refractivity contribution >= 4 is 8.38 Å². The van der Waals surface area contributed by atoms with E-state index in [0.717, 1.165) is 25.7 Å². The fourth-order valence-corrected chi connectivity index (χ4v) is 1.90. The van der Waals surface area contributed by atoms with Gasteiger partial charge in [-0.15, -0.1) is 0 Å². The van der Waals surface area contributed by atoms with Crippen LogP contribution < -0.4 is 5.73 Å². The third kappa shape index (κ3) is 1.41. The van der Waals surface area contributed by atoms with E-state index in [1.165, 1.54) is 0 Å². The molecule has 0 saturated heterocycles. The first-order valence-corrected chi connectivity index (χ1v) is 4.37. The summed E-state index contributed by atoms with van der Waals surface area (Å²) in [5.41, 5.74) is 5.63. The molecule has 0 aromatic carbocycles. The molecule has 0 aromatic heterocycles. The molecule has 1 saturated carbocycles. The van der Waals surface area contributed by atoms with Crippen LogP contribution in [-0.4, -0.2) is 15.1 Å². The van der Waals surface area contributed by atoms with Gasteiger partial charge in [0.25, 0.3) is 0 Å². The summed E-state index contributed by atoms with van der Waals surface area (Å²) in [5.74, 6) is 0. The Morgan fingerprint density at radius 2 is 1.67 bits per heavy atom. The molecule has 0 aliphatic heterocycles. The highest BCUT2D eigenvalue weighted by Gasteiger charge is 2.36. The average Bonchev–Trinajstić information content (AvgIpc) is 2.16. The Balaban J connectivity index is 2.51. The van der Waals surface area contributed by atoms with Gasteiger partial charge in [0.15, 0.2) is 8.38 Å². The number of hydrogen-bond donors (Lipinski definition) is 3. The van der Waals surface area contributed by atoms with Gasteiger partial charge in [-0.05, 0) is 12.8 Å². The topological polar surface area (TPSA) is 66.5 Å². The molecule has 1 aliphatic rings. The maximum Gasteiger partial charge on any atom is 0.186 e. The summed E-state index contributed by atoms with van der Waals surface area (Å²) in [7, 11) is -1.91. The largest absolute Gasteiger partial charge is 0.349 e. The Bertz CT molecular complexity index is 101. The molecule has 0 unspecified atom stereocenters. The summed E-state index contributed by atoms with van der Waals surface area (Å²) < 4.78 is 0. The van der Waals surface area contributed by atoms with Gasteiger partial charge in [-0.2, -0.15) is 0 Å². The fourth-order valence-electron chi connectivity index (χ4n) is 1.19. The lowest BCUT2D eigenvalue weighted by Gasteiger charge is -2.23. The third-order valence-electron chi connectivity index (χ3n) is 1.87. The quantitative estimate of drug-likeness (QED) is 0.476. The van der Waals surface area contributed by atoms with E-state index in [4.69, 9.17) is 15.5 Å². The molecule has 0 bridgehead atoms. The zero-order chi connectivity index (χ0) is 6.91. The molecular weight excluding hydrogens is 137 g/mol. The van der Waals surface area contributed by atoms with Crippen LogP contribution in [0.1, 0.15) is 25.7 Å². The lowest BCUT2D eigenvalue weighted by atomic mass is 10.3. The van der Waals surface area contributed by atoms with E-state index in [9.17, 15) is 0 Å². The third-order valence-corrected chi connectivity index (χ3v) is 3.11. The van der Waals surface area contributed by atoms with E-state index in [2.05, 4.69) is 0 Å². The molecule has 1 fully saturated rings. The van der Waals surface area contributed by atoms with Gasteiger partial charge in [-0.1, -0.05) is 12.8 Å². The molecule has 0 aromatic rings. The Hall–Kier alpha value is 0.310. The van der Waals surface area contributed by atoms with Gasteiger partial charge in [-0.25, -0.2) is 0 Å². The van der Waals surface area contributed by atoms with Crippen LogP contribution in [-0.2, 0) is 0 Å². The minimum absolute atomic E-state index is 0.630. The second-order valence-corrected chi connectivity index (χ2v) is 4.07. The van der Waals surface area contributed by atoms with Gasteiger partial charge in [-0.3, -0.25) is 0 Å². The van der Waals surface area contributed by atoms with E-state index in [1.807, 2.05) is 0 Å². The maximum atomic E-state index is 8.81. The highest BCUT2D eigenvalue weighted by molar-refractivity contribution is 7.46. The zero-order valence-electron chi connectivity index (χ0n) is 5.25. The molecule has 9 heavy (non-hydrogen) atoms. The van der Waals surface area contributed by atoms with Gasteiger partial charge in [0.2, 0.25) is 0 Å². The minimum Gasteiger partial charge on any atom is -0.349 e. The number of hydrogen-bond acceptors (Lipinski definition) is 3. The molecule has 4 heteroatoms. The lowest BCUT2D eigenvalue weighted by molar-refractivity contribution is 0.419. The van der Waals surface area contributed by atoms with E-state index in [0.29, 0.717) is 0 Å². The van der Waals surface area contributed by atoms with Crippen molar-refractivity contribution in [2.24, 2.45) is 5.73 Å². The summed E-state index contributed by atoms with van der Waals surface area (Å²) in [4.78, 5) is 17.6. The minimum atomic E-state index is -1.91. The van der Waals surface area contributed by atoms with Crippen LogP contribution in [0.25, 0.3) is 0 Å². The van der Waals surface area contributed by atoms with Crippen molar-refractivity contribution in [2.75, 3.05) is 0 Å². The summed E-state index contributed by atoms with van der Waals surface area (Å²) in [6, 6.07) is 0. The van der Waals surface area contributed by atoms with Crippen molar-refractivity contribution in [3.8, 4) is 0 Å². The van der Waals surface area contributed by atoms with Crippen molar-refractivity contribution in [2.45, 2.75) is 31.0 Å². The molecule has 3 nitrogen and oxygen atoms in total. The summed E-state index contributed by atoms with van der Waals surface area (Å²) in [6.45, 7) is 0. The fraction of sp³-hybridized carbons (Fsp3) is 1.00. The maximum absolute atomic E-state index is 8.81. The van der Waals surface area contributed by atoms with Crippen LogP contribution in [0.5, 0.6) is 0 Å². The highest BCUT2D eigenvalue weighted by atomic mass is 31.2. The first-order chi connectivity index (χ1) is 4.15. The van der Waals surface area contributed by atoms with Crippen LogP contribution in [0.3, 0.4) is 0 Å². The first-order valence-electron chi connectivity index (χ1n) is 3.12. The van der Waals surface area contributed by atoms with E-state index >= 15 is 0 Å². The summed E-state index contributed by atoms with van der Waals surface area (Å²) >= 11 is 0. The van der Waals surface area contributed by atoms with E-state index in [1.54, 1.807) is 0 Å². The van der Waals surface area contributed by atoms with Crippen molar-refractivity contribution in [3.05, 3.63) is 0 Å². The Kier molecular flexibility index (Phi) is 2.07. The van der Waals surface area contributed by atoms with Crippen LogP contribution in [0, 0.1) is 0 Å². The molecule has 0 radical (unpaired) electrons. The standard InChI is InChI=1S/C5H12NO2P/c6-5(9(7)8)3-1-2-4-5/h7-8H,1-4,6H2. The van der Waals surface area contributed by atoms with Crippen molar-refractivity contribution in [3.63, 3.8) is 0 Å². The lowest BCUT2D eigenvalue weighted by Crippen LogP contribution is -2.33. The van der Waals surface area contributed by atoms with Gasteiger partial charge in [0, 0.05) is 0 Å². The van der Waals surface area contributed by atoms with Crippen molar-refractivity contribution < 1.29 is 9.79 Å². The molecule has 1 rings (SSSR count). The monoisotopic (exact) mass is 149 g/mol. The smallest absolute Gasteiger partial charge is 0.186 e. The van der Waals surface area contributed by atoms with Crippen molar-refractivity contribution in [1.29, 1.82) is 0 Å². The Morgan fingerprint density at radius 1 is 1.22 bits per heavy atom. The Labute approximate surface area is 55.8 Å². The predicted molar refractivity (Wildman–Crippen MR) is 36.7 cm³/mol. The summed E-state index contributed by atoms with van der Waals surface area (Å²) in [6.07, 6.45) is 3.62. The van der Waals surface area contributed by atoms with Crippen LogP contribution >= 0.6 is 8.38 Å². The SMILES string of the molecule is NC1(P(O)O)CCCC1. The van der Waals surface area contributed by atoms with Crippen LogP contribution in [0.15, 0.2) is 0 Å². The molecule has 54 valence electrons. The normalized spacial score (nSPS) is 25.3. The molecule has 0 amide bonds. The molecule has 0 heterocycles. The molecule has 4 N–H and O–H groups in total.